The topological polar surface area (TPSA) is 67.3 Å². The number of hydrogen-bond acceptors (Lipinski definition) is 4. The molecule has 1 aromatic rings. The minimum Gasteiger partial charge on any atom is -0.394 e. The Kier molecular flexibility index (Phi) is 3.40. The average molecular weight is 278 g/mol. The third-order valence-corrected chi connectivity index (χ3v) is 5.19. The Morgan fingerprint density at radius 3 is 2.90 bits per heavy atom. The number of fused-ring (bicyclic) bond motifs is 1. The first-order valence-corrected chi connectivity index (χ1v) is 7.84. The number of nitrogens with zero attached hydrogens (tertiary/aromatic N) is 3. The summed E-state index contributed by atoms with van der Waals surface area (Å²) in [4.78, 5) is 2.33. The van der Waals surface area contributed by atoms with Gasteiger partial charge in [0.2, 0.25) is 0 Å². The lowest BCUT2D eigenvalue weighted by Crippen LogP contribution is -2.53. The molecule has 2 aliphatic rings. The van der Waals surface area contributed by atoms with E-state index in [1.807, 2.05) is 11.7 Å². The van der Waals surface area contributed by atoms with Crippen LogP contribution in [0.3, 0.4) is 0 Å². The number of nitrogens with two attached hydrogens (primary N) is 1. The minimum atomic E-state index is -0.435. The number of aliphatic hydroxyl groups is 1. The van der Waals surface area contributed by atoms with Gasteiger partial charge in [-0.2, -0.15) is 5.10 Å². The molecule has 2 unspecified atom stereocenters. The zero-order valence-corrected chi connectivity index (χ0v) is 12.6. The van der Waals surface area contributed by atoms with Gasteiger partial charge in [-0.15, -0.1) is 0 Å². The van der Waals surface area contributed by atoms with Crippen LogP contribution in [-0.4, -0.2) is 33.6 Å². The Morgan fingerprint density at radius 1 is 1.40 bits per heavy atom. The predicted molar refractivity (Wildman–Crippen MR) is 80.7 cm³/mol. The first-order valence-electron chi connectivity index (χ1n) is 7.84. The molecule has 112 valence electrons. The van der Waals surface area contributed by atoms with Crippen LogP contribution < -0.4 is 10.6 Å². The third-order valence-electron chi connectivity index (χ3n) is 5.19. The number of aromatic nitrogens is 2. The molecule has 0 spiro atoms. The fourth-order valence-corrected chi connectivity index (χ4v) is 3.99. The van der Waals surface area contributed by atoms with Crippen molar-refractivity contribution in [2.45, 2.75) is 51.0 Å². The molecule has 0 amide bonds. The highest BCUT2D eigenvalue weighted by molar-refractivity contribution is 5.66. The molecule has 2 fully saturated rings. The zero-order chi connectivity index (χ0) is 14.3. The SMILES string of the molecule is CCc1nn(C)c(N2CCC3(O)CCCCC3C2)c1N. The van der Waals surface area contributed by atoms with Gasteiger partial charge in [0.15, 0.2) is 0 Å². The summed E-state index contributed by atoms with van der Waals surface area (Å²) in [5.41, 5.74) is 7.62. The van der Waals surface area contributed by atoms with E-state index in [1.165, 1.54) is 12.8 Å². The van der Waals surface area contributed by atoms with E-state index < -0.39 is 5.60 Å². The van der Waals surface area contributed by atoms with E-state index in [2.05, 4.69) is 16.9 Å². The van der Waals surface area contributed by atoms with Crippen LogP contribution in [0.5, 0.6) is 0 Å². The van der Waals surface area contributed by atoms with Gasteiger partial charge in [-0.25, -0.2) is 0 Å². The molecule has 0 aromatic carbocycles. The van der Waals surface area contributed by atoms with Crippen LogP contribution in [0.25, 0.3) is 0 Å². The Bertz CT molecular complexity index is 498. The molecule has 5 nitrogen and oxygen atoms in total. The highest BCUT2D eigenvalue weighted by Crippen LogP contribution is 2.41. The van der Waals surface area contributed by atoms with Gasteiger partial charge in [-0.1, -0.05) is 19.8 Å². The third kappa shape index (κ3) is 2.08. The molecule has 20 heavy (non-hydrogen) atoms. The van der Waals surface area contributed by atoms with Crippen molar-refractivity contribution >= 4 is 11.5 Å². The molecular formula is C15H26N4O. The average Bonchev–Trinajstić information content (AvgIpc) is 2.72. The van der Waals surface area contributed by atoms with E-state index in [0.29, 0.717) is 5.92 Å². The normalized spacial score (nSPS) is 30.4. The predicted octanol–water partition coefficient (Wildman–Crippen LogP) is 1.70. The molecule has 1 saturated heterocycles. The molecule has 2 heterocycles. The highest BCUT2D eigenvalue weighted by Gasteiger charge is 2.43. The van der Waals surface area contributed by atoms with E-state index in [1.54, 1.807) is 0 Å². The molecular weight excluding hydrogens is 252 g/mol. The largest absolute Gasteiger partial charge is 0.394 e. The van der Waals surface area contributed by atoms with Crippen LogP contribution >= 0.6 is 0 Å². The number of piperidine rings is 1. The molecule has 1 aliphatic heterocycles. The second-order valence-electron chi connectivity index (χ2n) is 6.40. The summed E-state index contributed by atoms with van der Waals surface area (Å²) in [5.74, 6) is 1.42. The molecule has 1 aromatic heterocycles. The monoisotopic (exact) mass is 278 g/mol. The van der Waals surface area contributed by atoms with Crippen LogP contribution in [0.4, 0.5) is 11.5 Å². The zero-order valence-electron chi connectivity index (χ0n) is 12.6. The fraction of sp³-hybridized carbons (Fsp3) is 0.800. The van der Waals surface area contributed by atoms with Gasteiger partial charge >= 0.3 is 0 Å². The number of hydrogen-bond donors (Lipinski definition) is 2. The van der Waals surface area contributed by atoms with E-state index >= 15 is 0 Å². The van der Waals surface area contributed by atoms with Crippen LogP contribution in [0, 0.1) is 5.92 Å². The van der Waals surface area contributed by atoms with E-state index in [0.717, 1.165) is 56.0 Å². The first kappa shape index (κ1) is 13.7. The van der Waals surface area contributed by atoms with Crippen LogP contribution in [0.15, 0.2) is 0 Å². The van der Waals surface area contributed by atoms with Gasteiger partial charge in [0.1, 0.15) is 5.82 Å². The summed E-state index contributed by atoms with van der Waals surface area (Å²) in [6.07, 6.45) is 6.21. The molecule has 0 radical (unpaired) electrons. The van der Waals surface area contributed by atoms with Crippen molar-refractivity contribution in [1.29, 1.82) is 0 Å². The summed E-state index contributed by atoms with van der Waals surface area (Å²) in [6.45, 7) is 3.86. The Hall–Kier alpha value is -1.23. The van der Waals surface area contributed by atoms with E-state index in [4.69, 9.17) is 5.73 Å². The van der Waals surface area contributed by atoms with Crippen molar-refractivity contribution in [2.24, 2.45) is 13.0 Å². The molecule has 2 atom stereocenters. The van der Waals surface area contributed by atoms with E-state index in [-0.39, 0.29) is 0 Å². The van der Waals surface area contributed by atoms with Gasteiger partial charge in [-0.3, -0.25) is 4.68 Å². The molecule has 0 bridgehead atoms. The van der Waals surface area contributed by atoms with Crippen molar-refractivity contribution in [3.63, 3.8) is 0 Å². The lowest BCUT2D eigenvalue weighted by atomic mass is 9.71. The second kappa shape index (κ2) is 4.95. The van der Waals surface area contributed by atoms with Gasteiger partial charge in [0, 0.05) is 26.1 Å². The van der Waals surface area contributed by atoms with Crippen molar-refractivity contribution in [3.05, 3.63) is 5.69 Å². The van der Waals surface area contributed by atoms with Crippen molar-refractivity contribution < 1.29 is 5.11 Å². The Morgan fingerprint density at radius 2 is 2.20 bits per heavy atom. The van der Waals surface area contributed by atoms with Gasteiger partial charge in [0.25, 0.3) is 0 Å². The van der Waals surface area contributed by atoms with E-state index in [9.17, 15) is 5.11 Å². The van der Waals surface area contributed by atoms with Crippen molar-refractivity contribution in [2.75, 3.05) is 23.7 Å². The van der Waals surface area contributed by atoms with Gasteiger partial charge < -0.3 is 15.7 Å². The standard InChI is InChI=1S/C15H26N4O/c1-3-12-13(16)14(18(2)17-12)19-9-8-15(20)7-5-4-6-11(15)10-19/h11,20H,3-10,16H2,1-2H3. The quantitative estimate of drug-likeness (QED) is 0.864. The van der Waals surface area contributed by atoms with Crippen molar-refractivity contribution in [1.82, 2.24) is 9.78 Å². The molecule has 5 heteroatoms. The molecule has 3 N–H and O–H groups in total. The smallest absolute Gasteiger partial charge is 0.150 e. The number of anilines is 2. The highest BCUT2D eigenvalue weighted by atomic mass is 16.3. The Labute approximate surface area is 120 Å². The summed E-state index contributed by atoms with van der Waals surface area (Å²) in [7, 11) is 1.96. The van der Waals surface area contributed by atoms with Gasteiger partial charge in [-0.05, 0) is 25.7 Å². The summed E-state index contributed by atoms with van der Waals surface area (Å²) in [6, 6.07) is 0. The number of rotatable bonds is 2. The minimum absolute atomic E-state index is 0.379. The van der Waals surface area contributed by atoms with Crippen molar-refractivity contribution in [3.8, 4) is 0 Å². The second-order valence-corrected chi connectivity index (χ2v) is 6.40. The number of aryl methyl sites for hydroxylation is 2. The molecule has 3 rings (SSSR count). The maximum atomic E-state index is 10.8. The summed E-state index contributed by atoms with van der Waals surface area (Å²) < 4.78 is 1.90. The summed E-state index contributed by atoms with van der Waals surface area (Å²) >= 11 is 0. The maximum Gasteiger partial charge on any atom is 0.150 e. The maximum absolute atomic E-state index is 10.8. The van der Waals surface area contributed by atoms with Gasteiger partial charge in [0.05, 0.1) is 17.0 Å². The van der Waals surface area contributed by atoms with Crippen LogP contribution in [0.1, 0.15) is 44.7 Å². The fourth-order valence-electron chi connectivity index (χ4n) is 3.99. The lowest BCUT2D eigenvalue weighted by molar-refractivity contribution is -0.0614. The number of nitrogen functional groups attached to an aromatic ring is 1. The molecule has 1 aliphatic carbocycles. The first-order chi connectivity index (χ1) is 9.55. The lowest BCUT2D eigenvalue weighted by Gasteiger charge is -2.48. The van der Waals surface area contributed by atoms with Crippen LogP contribution in [-0.2, 0) is 13.5 Å². The van der Waals surface area contributed by atoms with Crippen LogP contribution in [0.2, 0.25) is 0 Å². The molecule has 1 saturated carbocycles. The summed E-state index contributed by atoms with van der Waals surface area (Å²) in [5, 5.41) is 15.3. The Balaban J connectivity index is 1.84.